The van der Waals surface area contributed by atoms with Crippen LogP contribution in [0.5, 0.6) is 0 Å². The molecule has 148 valence electrons. The van der Waals surface area contributed by atoms with Crippen LogP contribution in [0.15, 0.2) is 42.7 Å². The first-order valence-electron chi connectivity index (χ1n) is 9.76. The highest BCUT2D eigenvalue weighted by atomic mass is 16.2. The molecule has 1 fully saturated rings. The lowest BCUT2D eigenvalue weighted by molar-refractivity contribution is 0.0719. The Morgan fingerprint density at radius 3 is 2.00 bits per heavy atom. The summed E-state index contributed by atoms with van der Waals surface area (Å²) in [5.41, 5.74) is 4.49. The average molecular weight is 389 g/mol. The van der Waals surface area contributed by atoms with Crippen LogP contribution in [0.4, 0.5) is 0 Å². The molecule has 0 saturated carbocycles. The summed E-state index contributed by atoms with van der Waals surface area (Å²) in [6.45, 7) is 6.11. The second-order valence-electron chi connectivity index (χ2n) is 7.27. The Labute approximate surface area is 169 Å². The van der Waals surface area contributed by atoms with Gasteiger partial charge in [-0.3, -0.25) is 14.6 Å². The summed E-state index contributed by atoms with van der Waals surface area (Å²) in [6.07, 6.45) is 3.98. The summed E-state index contributed by atoms with van der Waals surface area (Å²) in [4.78, 5) is 42.4. The van der Waals surface area contributed by atoms with Crippen LogP contribution in [0.2, 0.25) is 0 Å². The van der Waals surface area contributed by atoms with Gasteiger partial charge in [-0.15, -0.1) is 0 Å². The van der Waals surface area contributed by atoms with Gasteiger partial charge in [0.15, 0.2) is 0 Å². The topological polar surface area (TPSA) is 79.3 Å². The largest absolute Gasteiger partial charge is 0.337 e. The Bertz CT molecular complexity index is 1070. The summed E-state index contributed by atoms with van der Waals surface area (Å²) in [5.74, 6) is -0.0568. The molecule has 0 unspecified atom stereocenters. The number of aromatic nitrogens is 3. The van der Waals surface area contributed by atoms with Gasteiger partial charge in [0.1, 0.15) is 0 Å². The Morgan fingerprint density at radius 1 is 0.759 bits per heavy atom. The van der Waals surface area contributed by atoms with E-state index in [1.807, 2.05) is 30.9 Å². The van der Waals surface area contributed by atoms with Crippen molar-refractivity contribution in [3.63, 3.8) is 0 Å². The Kier molecular flexibility index (Phi) is 5.20. The summed E-state index contributed by atoms with van der Waals surface area (Å²) in [7, 11) is 0. The molecule has 7 heteroatoms. The number of amides is 2. The Balaban J connectivity index is 1.49. The minimum Gasteiger partial charge on any atom is -0.337 e. The molecule has 1 aliphatic heterocycles. The maximum absolute atomic E-state index is 13.1. The van der Waals surface area contributed by atoms with E-state index in [-0.39, 0.29) is 11.8 Å². The third-order valence-electron chi connectivity index (χ3n) is 5.32. The number of carbonyl (C=O) groups is 2. The number of aryl methyl sites for hydroxylation is 2. The molecular weight excluding hydrogens is 366 g/mol. The molecule has 0 aliphatic carbocycles. The third kappa shape index (κ3) is 3.94. The molecule has 0 N–H and O–H groups in total. The van der Waals surface area contributed by atoms with Crippen molar-refractivity contribution >= 4 is 22.8 Å². The van der Waals surface area contributed by atoms with Gasteiger partial charge >= 0.3 is 0 Å². The highest BCUT2D eigenvalue weighted by molar-refractivity contribution is 5.97. The van der Waals surface area contributed by atoms with Crippen LogP contribution in [-0.4, -0.2) is 62.7 Å². The molecule has 1 saturated heterocycles. The highest BCUT2D eigenvalue weighted by Crippen LogP contribution is 2.17. The maximum atomic E-state index is 13.1. The van der Waals surface area contributed by atoms with Crippen molar-refractivity contribution in [2.45, 2.75) is 20.3 Å². The van der Waals surface area contributed by atoms with Crippen molar-refractivity contribution in [1.29, 1.82) is 0 Å². The zero-order chi connectivity index (χ0) is 20.4. The third-order valence-corrected chi connectivity index (χ3v) is 5.32. The van der Waals surface area contributed by atoms with E-state index in [1.54, 1.807) is 35.5 Å². The molecule has 0 atom stereocenters. The standard InChI is InChI=1S/C22H23N5O2/c1-15-16(2)25-20-14-18(4-5-19(20)24-15)22(29)27-11-3-10-26(12-13-27)21(28)17-6-8-23-9-7-17/h4-9,14H,3,10-13H2,1-2H3. The maximum Gasteiger partial charge on any atom is 0.254 e. The van der Waals surface area contributed by atoms with Crippen LogP contribution in [0.1, 0.15) is 38.5 Å². The lowest BCUT2D eigenvalue weighted by atomic mass is 10.1. The number of pyridine rings is 1. The molecule has 3 heterocycles. The van der Waals surface area contributed by atoms with Crippen molar-refractivity contribution < 1.29 is 9.59 Å². The Hall–Kier alpha value is -3.35. The fourth-order valence-electron chi connectivity index (χ4n) is 3.55. The van der Waals surface area contributed by atoms with Gasteiger partial charge in [0.25, 0.3) is 11.8 Å². The number of fused-ring (bicyclic) bond motifs is 1. The molecule has 0 bridgehead atoms. The van der Waals surface area contributed by atoms with Gasteiger partial charge in [-0.25, -0.2) is 9.97 Å². The second kappa shape index (κ2) is 7.95. The quantitative estimate of drug-likeness (QED) is 0.673. The first-order chi connectivity index (χ1) is 14.0. The molecule has 29 heavy (non-hydrogen) atoms. The van der Waals surface area contributed by atoms with Gasteiger partial charge in [-0.05, 0) is 50.6 Å². The zero-order valence-corrected chi connectivity index (χ0v) is 16.6. The lowest BCUT2D eigenvalue weighted by Crippen LogP contribution is -2.37. The SMILES string of the molecule is Cc1nc2ccc(C(=O)N3CCCN(C(=O)c4ccncc4)CC3)cc2nc1C. The van der Waals surface area contributed by atoms with Crippen LogP contribution in [0.3, 0.4) is 0 Å². The zero-order valence-electron chi connectivity index (χ0n) is 16.6. The van der Waals surface area contributed by atoms with Crippen molar-refractivity contribution in [2.24, 2.45) is 0 Å². The first kappa shape index (κ1) is 19.0. The normalized spacial score (nSPS) is 14.7. The minimum atomic E-state index is -0.0369. The molecule has 1 aliphatic rings. The second-order valence-corrected chi connectivity index (χ2v) is 7.27. The number of nitrogens with zero attached hydrogens (tertiary/aromatic N) is 5. The Morgan fingerprint density at radius 2 is 1.34 bits per heavy atom. The van der Waals surface area contributed by atoms with E-state index in [4.69, 9.17) is 0 Å². The van der Waals surface area contributed by atoms with E-state index < -0.39 is 0 Å². The van der Waals surface area contributed by atoms with Crippen LogP contribution in [0, 0.1) is 13.8 Å². The van der Waals surface area contributed by atoms with Crippen LogP contribution < -0.4 is 0 Å². The molecular formula is C22H23N5O2. The van der Waals surface area contributed by atoms with Crippen LogP contribution >= 0.6 is 0 Å². The van der Waals surface area contributed by atoms with Crippen molar-refractivity contribution in [3.8, 4) is 0 Å². The molecule has 3 aromatic rings. The molecule has 2 aromatic heterocycles. The number of carbonyl (C=O) groups excluding carboxylic acids is 2. The van der Waals surface area contributed by atoms with E-state index in [0.717, 1.165) is 28.8 Å². The first-order valence-corrected chi connectivity index (χ1v) is 9.76. The summed E-state index contributed by atoms with van der Waals surface area (Å²) in [5, 5.41) is 0. The predicted molar refractivity (Wildman–Crippen MR) is 110 cm³/mol. The molecule has 0 radical (unpaired) electrons. The molecule has 7 nitrogen and oxygen atoms in total. The predicted octanol–water partition coefficient (Wildman–Crippen LogP) is 2.63. The summed E-state index contributed by atoms with van der Waals surface area (Å²) >= 11 is 0. The number of hydrogen-bond donors (Lipinski definition) is 0. The van der Waals surface area contributed by atoms with Gasteiger partial charge < -0.3 is 9.80 Å². The number of benzene rings is 1. The van der Waals surface area contributed by atoms with Gasteiger partial charge in [0, 0.05) is 49.7 Å². The van der Waals surface area contributed by atoms with E-state index in [9.17, 15) is 9.59 Å². The monoisotopic (exact) mass is 389 g/mol. The van der Waals surface area contributed by atoms with E-state index in [0.29, 0.717) is 37.3 Å². The lowest BCUT2D eigenvalue weighted by Gasteiger charge is -2.22. The van der Waals surface area contributed by atoms with Gasteiger partial charge in [-0.2, -0.15) is 0 Å². The van der Waals surface area contributed by atoms with Gasteiger partial charge in [-0.1, -0.05) is 0 Å². The molecule has 4 rings (SSSR count). The minimum absolute atomic E-state index is 0.0199. The van der Waals surface area contributed by atoms with Crippen molar-refractivity contribution in [1.82, 2.24) is 24.8 Å². The van der Waals surface area contributed by atoms with Crippen molar-refractivity contribution in [2.75, 3.05) is 26.2 Å². The van der Waals surface area contributed by atoms with Crippen molar-refractivity contribution in [3.05, 3.63) is 65.2 Å². The summed E-state index contributed by atoms with van der Waals surface area (Å²) < 4.78 is 0. The molecule has 2 amide bonds. The van der Waals surface area contributed by atoms with Gasteiger partial charge in [0.05, 0.1) is 22.4 Å². The van der Waals surface area contributed by atoms with E-state index in [2.05, 4.69) is 15.0 Å². The van der Waals surface area contributed by atoms with Crippen LogP contribution in [-0.2, 0) is 0 Å². The van der Waals surface area contributed by atoms with E-state index in [1.165, 1.54) is 0 Å². The number of hydrogen-bond acceptors (Lipinski definition) is 5. The fraction of sp³-hybridized carbons (Fsp3) is 0.318. The average Bonchev–Trinajstić information content (AvgIpc) is 3.00. The number of rotatable bonds is 2. The molecule has 0 spiro atoms. The van der Waals surface area contributed by atoms with Gasteiger partial charge in [0.2, 0.25) is 0 Å². The highest BCUT2D eigenvalue weighted by Gasteiger charge is 2.23. The smallest absolute Gasteiger partial charge is 0.254 e. The fourth-order valence-corrected chi connectivity index (χ4v) is 3.55. The summed E-state index contributed by atoms with van der Waals surface area (Å²) in [6, 6.07) is 8.89. The molecule has 1 aromatic carbocycles. The van der Waals surface area contributed by atoms with E-state index >= 15 is 0 Å². The van der Waals surface area contributed by atoms with Crippen LogP contribution in [0.25, 0.3) is 11.0 Å².